The zero-order valence-electron chi connectivity index (χ0n) is 10.6. The number of nitrogens with one attached hydrogen (secondary N) is 1. The summed E-state index contributed by atoms with van der Waals surface area (Å²) in [6, 6.07) is 9.22. The summed E-state index contributed by atoms with van der Waals surface area (Å²) in [5.74, 6) is 0.0964. The van der Waals surface area contributed by atoms with Crippen LogP contribution in [0.3, 0.4) is 0 Å². The van der Waals surface area contributed by atoms with Crippen LogP contribution in [0.2, 0.25) is 0 Å². The Hall–Kier alpha value is -2.34. The summed E-state index contributed by atoms with van der Waals surface area (Å²) in [5.41, 5.74) is 0. The smallest absolute Gasteiger partial charge is 0.287 e. The molecular formula is C14H13N3O2S. The molecule has 0 radical (unpaired) electrons. The van der Waals surface area contributed by atoms with Gasteiger partial charge in [0.25, 0.3) is 5.91 Å². The monoisotopic (exact) mass is 287 g/mol. The second-order valence-electron chi connectivity index (χ2n) is 4.20. The van der Waals surface area contributed by atoms with Crippen LogP contribution in [0, 0.1) is 0 Å². The number of furan rings is 1. The van der Waals surface area contributed by atoms with Gasteiger partial charge >= 0.3 is 0 Å². The highest BCUT2D eigenvalue weighted by molar-refractivity contribution is 7.10. The van der Waals surface area contributed by atoms with Crippen molar-refractivity contribution in [3.63, 3.8) is 0 Å². The van der Waals surface area contributed by atoms with E-state index in [1.807, 2.05) is 34.5 Å². The molecule has 0 aliphatic carbocycles. The lowest BCUT2D eigenvalue weighted by atomic mass is 10.2. The van der Waals surface area contributed by atoms with Crippen molar-refractivity contribution < 1.29 is 9.21 Å². The van der Waals surface area contributed by atoms with Crippen molar-refractivity contribution in [3.05, 3.63) is 65.0 Å². The van der Waals surface area contributed by atoms with Gasteiger partial charge < -0.3 is 9.73 Å². The van der Waals surface area contributed by atoms with E-state index < -0.39 is 0 Å². The van der Waals surface area contributed by atoms with Gasteiger partial charge in [-0.25, -0.2) is 0 Å². The zero-order chi connectivity index (χ0) is 13.8. The standard InChI is InChI=1S/C14H13N3O2S/c18-14(12-4-1-8-19-12)15-10-11(13-5-2-9-20-13)17-7-3-6-16-17/h1-9,11H,10H2,(H,15,18). The van der Waals surface area contributed by atoms with E-state index in [0.717, 1.165) is 4.88 Å². The van der Waals surface area contributed by atoms with Crippen molar-refractivity contribution in [3.8, 4) is 0 Å². The molecule has 1 unspecified atom stereocenters. The molecule has 0 saturated heterocycles. The normalized spacial score (nSPS) is 12.2. The molecule has 0 fully saturated rings. The Kier molecular flexibility index (Phi) is 3.64. The van der Waals surface area contributed by atoms with Crippen LogP contribution in [0.1, 0.15) is 21.5 Å². The summed E-state index contributed by atoms with van der Waals surface area (Å²) in [4.78, 5) is 13.1. The molecular weight excluding hydrogens is 274 g/mol. The van der Waals surface area contributed by atoms with E-state index in [4.69, 9.17) is 4.42 Å². The number of hydrogen-bond acceptors (Lipinski definition) is 4. The van der Waals surface area contributed by atoms with Crippen LogP contribution in [0.5, 0.6) is 0 Å². The molecule has 3 heterocycles. The summed E-state index contributed by atoms with van der Waals surface area (Å²) in [6.45, 7) is 0.460. The fourth-order valence-corrected chi connectivity index (χ4v) is 2.77. The average molecular weight is 287 g/mol. The molecule has 5 nitrogen and oxygen atoms in total. The van der Waals surface area contributed by atoms with Gasteiger partial charge in [-0.1, -0.05) is 6.07 Å². The third-order valence-corrected chi connectivity index (χ3v) is 3.89. The van der Waals surface area contributed by atoms with E-state index in [0.29, 0.717) is 12.3 Å². The van der Waals surface area contributed by atoms with Gasteiger partial charge in [-0.05, 0) is 29.6 Å². The fraction of sp³-hybridized carbons (Fsp3) is 0.143. The Balaban J connectivity index is 1.73. The van der Waals surface area contributed by atoms with Crippen LogP contribution >= 0.6 is 11.3 Å². The lowest BCUT2D eigenvalue weighted by Gasteiger charge is -2.16. The number of rotatable bonds is 5. The lowest BCUT2D eigenvalue weighted by molar-refractivity contribution is 0.0921. The number of thiophene rings is 1. The van der Waals surface area contributed by atoms with E-state index in [-0.39, 0.29) is 11.9 Å². The minimum atomic E-state index is -0.219. The first-order chi connectivity index (χ1) is 9.84. The Bertz CT molecular complexity index is 610. The van der Waals surface area contributed by atoms with Gasteiger partial charge in [0.2, 0.25) is 0 Å². The van der Waals surface area contributed by atoms with Gasteiger partial charge in [-0.15, -0.1) is 11.3 Å². The number of hydrogen-bond donors (Lipinski definition) is 1. The van der Waals surface area contributed by atoms with Gasteiger partial charge in [0.05, 0.1) is 6.26 Å². The molecule has 102 valence electrons. The molecule has 0 saturated carbocycles. The second-order valence-corrected chi connectivity index (χ2v) is 5.18. The molecule has 0 aromatic carbocycles. The van der Waals surface area contributed by atoms with Crippen molar-refractivity contribution in [2.45, 2.75) is 6.04 Å². The summed E-state index contributed by atoms with van der Waals surface area (Å²) in [7, 11) is 0. The highest BCUT2D eigenvalue weighted by Gasteiger charge is 2.17. The quantitative estimate of drug-likeness (QED) is 0.784. The van der Waals surface area contributed by atoms with Gasteiger partial charge in [0.1, 0.15) is 6.04 Å². The topological polar surface area (TPSA) is 60.1 Å². The van der Waals surface area contributed by atoms with Gasteiger partial charge in [0.15, 0.2) is 5.76 Å². The summed E-state index contributed by atoms with van der Waals surface area (Å²) in [5, 5.41) is 9.15. The summed E-state index contributed by atoms with van der Waals surface area (Å²) < 4.78 is 6.92. The molecule has 1 atom stereocenters. The zero-order valence-corrected chi connectivity index (χ0v) is 11.4. The van der Waals surface area contributed by atoms with Crippen molar-refractivity contribution in [1.82, 2.24) is 15.1 Å². The number of carbonyl (C=O) groups excluding carboxylic acids is 1. The number of amides is 1. The molecule has 0 bridgehead atoms. The lowest BCUT2D eigenvalue weighted by Crippen LogP contribution is -2.31. The van der Waals surface area contributed by atoms with Crippen LogP contribution in [0.15, 0.2) is 58.8 Å². The number of carbonyl (C=O) groups is 1. The third-order valence-electron chi connectivity index (χ3n) is 2.92. The highest BCUT2D eigenvalue weighted by Crippen LogP contribution is 2.21. The van der Waals surface area contributed by atoms with Crippen molar-refractivity contribution in [2.75, 3.05) is 6.54 Å². The Morgan fingerprint density at radius 2 is 2.35 bits per heavy atom. The van der Waals surface area contributed by atoms with E-state index in [2.05, 4.69) is 10.4 Å². The Morgan fingerprint density at radius 1 is 1.40 bits per heavy atom. The molecule has 0 aliphatic rings. The third kappa shape index (κ3) is 2.65. The maximum Gasteiger partial charge on any atom is 0.287 e. The predicted molar refractivity (Wildman–Crippen MR) is 75.7 cm³/mol. The van der Waals surface area contributed by atoms with Crippen molar-refractivity contribution >= 4 is 17.2 Å². The first kappa shape index (κ1) is 12.7. The van der Waals surface area contributed by atoms with E-state index in [9.17, 15) is 4.79 Å². The van der Waals surface area contributed by atoms with Crippen LogP contribution in [-0.2, 0) is 0 Å². The van der Waals surface area contributed by atoms with Crippen molar-refractivity contribution in [1.29, 1.82) is 0 Å². The second kappa shape index (κ2) is 5.75. The van der Waals surface area contributed by atoms with E-state index in [1.165, 1.54) is 6.26 Å². The number of aromatic nitrogens is 2. The van der Waals surface area contributed by atoms with Gasteiger partial charge in [0, 0.05) is 23.8 Å². The maximum absolute atomic E-state index is 11.9. The molecule has 1 amide bonds. The van der Waals surface area contributed by atoms with Gasteiger partial charge in [-0.3, -0.25) is 9.48 Å². The van der Waals surface area contributed by atoms with E-state index in [1.54, 1.807) is 29.7 Å². The first-order valence-electron chi connectivity index (χ1n) is 6.19. The number of nitrogens with zero attached hydrogens (tertiary/aromatic N) is 2. The van der Waals surface area contributed by atoms with Crippen LogP contribution < -0.4 is 5.32 Å². The molecule has 3 rings (SSSR count). The molecule has 0 aliphatic heterocycles. The molecule has 3 aromatic heterocycles. The molecule has 0 spiro atoms. The molecule has 20 heavy (non-hydrogen) atoms. The van der Waals surface area contributed by atoms with Crippen LogP contribution in [-0.4, -0.2) is 22.2 Å². The fourth-order valence-electron chi connectivity index (χ4n) is 1.95. The molecule has 6 heteroatoms. The summed E-state index contributed by atoms with van der Waals surface area (Å²) >= 11 is 1.64. The van der Waals surface area contributed by atoms with Crippen LogP contribution in [0.25, 0.3) is 0 Å². The van der Waals surface area contributed by atoms with Gasteiger partial charge in [-0.2, -0.15) is 5.10 Å². The minimum Gasteiger partial charge on any atom is -0.459 e. The van der Waals surface area contributed by atoms with Crippen LogP contribution in [0.4, 0.5) is 0 Å². The Labute approximate surface area is 119 Å². The van der Waals surface area contributed by atoms with E-state index >= 15 is 0 Å². The molecule has 3 aromatic rings. The maximum atomic E-state index is 11.9. The largest absolute Gasteiger partial charge is 0.459 e. The highest BCUT2D eigenvalue weighted by atomic mass is 32.1. The minimum absolute atomic E-state index is 0.0103. The first-order valence-corrected chi connectivity index (χ1v) is 7.07. The predicted octanol–water partition coefficient (Wildman–Crippen LogP) is 2.56. The Morgan fingerprint density at radius 3 is 3.00 bits per heavy atom. The molecule has 1 N–H and O–H groups in total. The average Bonchev–Trinajstić information content (AvgIpc) is 3.22. The summed E-state index contributed by atoms with van der Waals surface area (Å²) in [6.07, 6.45) is 5.11. The van der Waals surface area contributed by atoms with Crippen molar-refractivity contribution in [2.24, 2.45) is 0 Å². The SMILES string of the molecule is O=C(NCC(c1cccs1)n1cccn1)c1ccco1.